The monoisotopic (exact) mass is 384 g/mol. The third-order valence-corrected chi connectivity index (χ3v) is 6.75. The van der Waals surface area contributed by atoms with Gasteiger partial charge in [0, 0.05) is 11.7 Å². The molecule has 2 heterocycles. The molecule has 0 aliphatic heterocycles. The molecule has 1 aromatic carbocycles. The van der Waals surface area contributed by atoms with Crippen LogP contribution in [0, 0.1) is 5.92 Å². The molecule has 0 saturated heterocycles. The van der Waals surface area contributed by atoms with Crippen molar-refractivity contribution in [3.63, 3.8) is 0 Å². The molecule has 1 unspecified atom stereocenters. The first-order valence-corrected chi connectivity index (χ1v) is 10.3. The molecule has 1 aliphatic carbocycles. The molecule has 2 aromatic heterocycles. The van der Waals surface area contributed by atoms with Crippen molar-refractivity contribution in [2.24, 2.45) is 5.92 Å². The van der Waals surface area contributed by atoms with E-state index in [9.17, 15) is 4.79 Å². The van der Waals surface area contributed by atoms with Crippen LogP contribution >= 0.6 is 22.7 Å². The number of aromatic nitrogens is 1. The Morgan fingerprint density at radius 2 is 2.04 bits per heavy atom. The number of thiazole rings is 1. The zero-order chi connectivity index (χ0) is 18.1. The number of amides is 1. The van der Waals surface area contributed by atoms with Crippen LogP contribution in [0.15, 0.2) is 48.0 Å². The molecule has 0 N–H and O–H groups in total. The molecule has 1 fully saturated rings. The van der Waals surface area contributed by atoms with Crippen molar-refractivity contribution in [2.75, 3.05) is 12.0 Å². The zero-order valence-electron chi connectivity index (χ0n) is 14.7. The van der Waals surface area contributed by atoms with Gasteiger partial charge in [0.25, 0.3) is 5.91 Å². The average Bonchev–Trinajstić information content (AvgIpc) is 3.16. The predicted molar refractivity (Wildman–Crippen MR) is 107 cm³/mol. The number of carbonyl (C=O) groups is 1. The average molecular weight is 385 g/mol. The number of nitrogens with zero attached hydrogens (tertiary/aromatic N) is 2. The molecule has 0 radical (unpaired) electrons. The van der Waals surface area contributed by atoms with Crippen molar-refractivity contribution < 1.29 is 9.53 Å². The molecule has 1 aliphatic rings. The SMILES string of the molecule is COc1ccc(N(C(=O)c2cnc(-c3cccs3)s2)C(C)C2CC2)cc1. The second-order valence-electron chi connectivity index (χ2n) is 6.46. The third-order valence-electron chi connectivity index (χ3n) is 4.73. The number of rotatable bonds is 6. The van der Waals surface area contributed by atoms with Crippen molar-refractivity contribution in [1.82, 2.24) is 4.98 Å². The summed E-state index contributed by atoms with van der Waals surface area (Å²) in [7, 11) is 1.65. The van der Waals surface area contributed by atoms with E-state index in [1.165, 1.54) is 24.2 Å². The van der Waals surface area contributed by atoms with Crippen LogP contribution in [-0.4, -0.2) is 24.0 Å². The summed E-state index contributed by atoms with van der Waals surface area (Å²) in [5.74, 6) is 1.39. The molecular formula is C20H20N2O2S2. The van der Waals surface area contributed by atoms with Crippen molar-refractivity contribution in [1.29, 1.82) is 0 Å². The fourth-order valence-electron chi connectivity index (χ4n) is 3.08. The van der Waals surface area contributed by atoms with Crippen LogP contribution in [0.1, 0.15) is 29.4 Å². The predicted octanol–water partition coefficient (Wildman–Crippen LogP) is 5.33. The van der Waals surface area contributed by atoms with Gasteiger partial charge in [-0.1, -0.05) is 6.07 Å². The lowest BCUT2D eigenvalue weighted by Crippen LogP contribution is -2.39. The number of thiophene rings is 1. The van der Waals surface area contributed by atoms with Crippen LogP contribution in [0.5, 0.6) is 5.75 Å². The Bertz CT molecular complexity index is 883. The van der Waals surface area contributed by atoms with Gasteiger partial charge in [0.15, 0.2) is 0 Å². The molecule has 0 bridgehead atoms. The van der Waals surface area contributed by atoms with Crippen molar-refractivity contribution in [3.8, 4) is 15.6 Å². The van der Waals surface area contributed by atoms with E-state index >= 15 is 0 Å². The number of ether oxygens (including phenoxy) is 1. The maximum Gasteiger partial charge on any atom is 0.270 e. The number of methoxy groups -OCH3 is 1. The molecule has 4 rings (SSSR count). The highest BCUT2D eigenvalue weighted by Crippen LogP contribution is 2.38. The van der Waals surface area contributed by atoms with Gasteiger partial charge in [0.1, 0.15) is 15.6 Å². The number of hydrogen-bond donors (Lipinski definition) is 0. The Kier molecular flexibility index (Phi) is 4.78. The van der Waals surface area contributed by atoms with Gasteiger partial charge >= 0.3 is 0 Å². The first-order valence-electron chi connectivity index (χ1n) is 8.64. The van der Waals surface area contributed by atoms with E-state index in [1.807, 2.05) is 46.7 Å². The maximum atomic E-state index is 13.3. The number of carbonyl (C=O) groups excluding carboxylic acids is 1. The Morgan fingerprint density at radius 1 is 1.27 bits per heavy atom. The lowest BCUT2D eigenvalue weighted by Gasteiger charge is -2.29. The summed E-state index contributed by atoms with van der Waals surface area (Å²) in [6, 6.07) is 11.9. The highest BCUT2D eigenvalue weighted by Gasteiger charge is 2.36. The number of benzene rings is 1. The van der Waals surface area contributed by atoms with Gasteiger partial charge in [-0.25, -0.2) is 4.98 Å². The van der Waals surface area contributed by atoms with Crippen LogP contribution in [0.3, 0.4) is 0 Å². The largest absolute Gasteiger partial charge is 0.497 e. The molecule has 3 aromatic rings. The molecule has 134 valence electrons. The quantitative estimate of drug-likeness (QED) is 0.577. The third kappa shape index (κ3) is 3.39. The first-order chi connectivity index (χ1) is 12.7. The van der Waals surface area contributed by atoms with Crippen molar-refractivity contribution in [3.05, 3.63) is 52.9 Å². The van der Waals surface area contributed by atoms with E-state index in [0.29, 0.717) is 10.8 Å². The first kappa shape index (κ1) is 17.2. The van der Waals surface area contributed by atoms with Crippen molar-refractivity contribution >= 4 is 34.3 Å². The minimum absolute atomic E-state index is 0.0230. The van der Waals surface area contributed by atoms with E-state index in [-0.39, 0.29) is 11.9 Å². The second-order valence-corrected chi connectivity index (χ2v) is 8.44. The van der Waals surface area contributed by atoms with E-state index in [0.717, 1.165) is 21.3 Å². The fraction of sp³-hybridized carbons (Fsp3) is 0.300. The normalized spacial score (nSPS) is 14.8. The lowest BCUT2D eigenvalue weighted by atomic mass is 10.1. The number of hydrogen-bond acceptors (Lipinski definition) is 5. The summed E-state index contributed by atoms with van der Waals surface area (Å²) in [5.41, 5.74) is 0.904. The highest BCUT2D eigenvalue weighted by molar-refractivity contribution is 7.22. The zero-order valence-corrected chi connectivity index (χ0v) is 16.3. The van der Waals surface area contributed by atoms with Gasteiger partial charge < -0.3 is 9.64 Å². The Morgan fingerprint density at radius 3 is 2.65 bits per heavy atom. The summed E-state index contributed by atoms with van der Waals surface area (Å²) < 4.78 is 5.25. The summed E-state index contributed by atoms with van der Waals surface area (Å²) in [5, 5.41) is 2.92. The second kappa shape index (κ2) is 7.21. The summed E-state index contributed by atoms with van der Waals surface area (Å²) >= 11 is 3.10. The van der Waals surface area contributed by atoms with Crippen LogP contribution in [0.2, 0.25) is 0 Å². The molecular weight excluding hydrogens is 364 g/mol. The van der Waals surface area contributed by atoms with E-state index < -0.39 is 0 Å². The summed E-state index contributed by atoms with van der Waals surface area (Å²) in [6.07, 6.45) is 4.08. The topological polar surface area (TPSA) is 42.4 Å². The standard InChI is InChI=1S/C20H20N2O2S2/c1-13(14-5-6-14)22(15-7-9-16(24-2)10-8-15)20(23)18-12-21-19(26-18)17-4-3-11-25-17/h3-4,7-14H,5-6H2,1-2H3. The van der Waals surface area contributed by atoms with Gasteiger partial charge in [0.2, 0.25) is 0 Å². The van der Waals surface area contributed by atoms with E-state index in [1.54, 1.807) is 24.6 Å². The molecule has 0 spiro atoms. The summed E-state index contributed by atoms with van der Waals surface area (Å²) in [6.45, 7) is 2.14. The summed E-state index contributed by atoms with van der Waals surface area (Å²) in [4.78, 5) is 21.5. The fourth-order valence-corrected chi connectivity index (χ4v) is 4.73. The Labute approximate surface area is 161 Å². The van der Waals surface area contributed by atoms with Gasteiger partial charge in [-0.2, -0.15) is 0 Å². The van der Waals surface area contributed by atoms with Crippen LogP contribution in [0.25, 0.3) is 9.88 Å². The van der Waals surface area contributed by atoms with Gasteiger partial charge in [-0.15, -0.1) is 22.7 Å². The van der Waals surface area contributed by atoms with Crippen LogP contribution in [-0.2, 0) is 0 Å². The number of anilines is 1. The Hall–Kier alpha value is -2.18. The molecule has 26 heavy (non-hydrogen) atoms. The minimum Gasteiger partial charge on any atom is -0.497 e. The molecule has 1 amide bonds. The van der Waals surface area contributed by atoms with E-state index in [4.69, 9.17) is 4.74 Å². The molecule has 1 saturated carbocycles. The van der Waals surface area contributed by atoms with Gasteiger partial charge in [0.05, 0.1) is 18.2 Å². The maximum absolute atomic E-state index is 13.3. The van der Waals surface area contributed by atoms with Gasteiger partial charge in [-0.3, -0.25) is 4.79 Å². The molecule has 6 heteroatoms. The Balaban J connectivity index is 1.65. The van der Waals surface area contributed by atoms with Crippen LogP contribution in [0.4, 0.5) is 5.69 Å². The smallest absolute Gasteiger partial charge is 0.270 e. The minimum atomic E-state index is 0.0230. The molecule has 1 atom stereocenters. The highest BCUT2D eigenvalue weighted by atomic mass is 32.1. The van der Waals surface area contributed by atoms with E-state index in [2.05, 4.69) is 11.9 Å². The van der Waals surface area contributed by atoms with Crippen LogP contribution < -0.4 is 9.64 Å². The lowest BCUT2D eigenvalue weighted by molar-refractivity contribution is 0.0979. The van der Waals surface area contributed by atoms with Gasteiger partial charge in [-0.05, 0) is 61.4 Å². The molecule has 4 nitrogen and oxygen atoms in total. The van der Waals surface area contributed by atoms with Crippen molar-refractivity contribution in [2.45, 2.75) is 25.8 Å².